The first-order valence-corrected chi connectivity index (χ1v) is 12.4. The minimum Gasteiger partial charge on any atom is -0.487 e. The van der Waals surface area contributed by atoms with Crippen LogP contribution < -0.4 is 15.8 Å². The highest BCUT2D eigenvalue weighted by Crippen LogP contribution is 2.55. The molecule has 4 N–H and O–H groups in total. The van der Waals surface area contributed by atoms with E-state index in [2.05, 4.69) is 10.3 Å². The van der Waals surface area contributed by atoms with Crippen LogP contribution in [-0.2, 0) is 9.53 Å². The summed E-state index contributed by atoms with van der Waals surface area (Å²) >= 11 is 0. The SMILES string of the molecule is C[C@H]1[C@@H](c2ccc(F)c(F)c2OC2CCC(O)CC2)[C@H](C(=O)Nc2ccnc(C(N)=O)c2)O[C@@]1(C)C(F)(F)F. The van der Waals surface area contributed by atoms with Crippen molar-refractivity contribution in [1.82, 2.24) is 4.98 Å². The Balaban J connectivity index is 1.75. The lowest BCUT2D eigenvalue weighted by Gasteiger charge is -2.32. The van der Waals surface area contributed by atoms with Crippen molar-refractivity contribution in [2.24, 2.45) is 11.7 Å². The van der Waals surface area contributed by atoms with Crippen LogP contribution in [0.4, 0.5) is 27.6 Å². The number of aliphatic hydroxyl groups excluding tert-OH is 1. The van der Waals surface area contributed by atoms with E-state index in [4.69, 9.17) is 15.2 Å². The second-order valence-electron chi connectivity index (χ2n) is 10.1. The van der Waals surface area contributed by atoms with Crippen molar-refractivity contribution in [3.05, 3.63) is 53.4 Å². The number of carbonyl (C=O) groups is 2. The second-order valence-corrected chi connectivity index (χ2v) is 10.1. The molecule has 2 amide bonds. The fourth-order valence-corrected chi connectivity index (χ4v) is 5.14. The molecule has 1 aliphatic heterocycles. The molecule has 2 aliphatic rings. The van der Waals surface area contributed by atoms with Crippen LogP contribution in [-0.4, -0.2) is 52.0 Å². The number of amides is 2. The fourth-order valence-electron chi connectivity index (χ4n) is 5.14. The molecule has 1 aromatic heterocycles. The predicted octanol–water partition coefficient (Wildman–Crippen LogP) is 4.22. The van der Waals surface area contributed by atoms with Crippen LogP contribution in [0.15, 0.2) is 30.5 Å². The molecule has 1 aliphatic carbocycles. The van der Waals surface area contributed by atoms with Crippen molar-refractivity contribution in [2.45, 2.75) is 75.5 Å². The number of nitrogens with zero attached hydrogens (tertiary/aromatic N) is 1. The minimum absolute atomic E-state index is 0.0157. The van der Waals surface area contributed by atoms with Gasteiger partial charge in [-0.25, -0.2) is 4.39 Å². The average Bonchev–Trinajstić information content (AvgIpc) is 3.15. The number of aromatic nitrogens is 1. The van der Waals surface area contributed by atoms with E-state index in [-0.39, 0.29) is 16.9 Å². The number of anilines is 1. The normalized spacial score (nSPS) is 29.2. The van der Waals surface area contributed by atoms with E-state index in [9.17, 15) is 32.3 Å². The maximum Gasteiger partial charge on any atom is 0.417 e. The van der Waals surface area contributed by atoms with E-state index in [0.717, 1.165) is 25.1 Å². The van der Waals surface area contributed by atoms with Gasteiger partial charge in [-0.15, -0.1) is 0 Å². The standard InChI is InChI=1S/C26H28F5N3O5/c1-12-19(16-7-8-17(27)20(28)21(16)38-15-5-3-14(35)4-6-15)22(39-25(12,2)26(29,30)31)24(37)34-13-9-10-33-18(11-13)23(32)36/h7-12,14-15,19,22,35H,3-6H2,1-2H3,(H2,32,36)(H,33,34,37)/t12-,14?,15?,19-,22+,25+/m0/s1. The maximum atomic E-state index is 15.1. The molecule has 8 nitrogen and oxygen atoms in total. The Bertz CT molecular complexity index is 1250. The van der Waals surface area contributed by atoms with Crippen LogP contribution in [0.25, 0.3) is 0 Å². The van der Waals surface area contributed by atoms with Gasteiger partial charge in [0.1, 0.15) is 11.8 Å². The molecule has 1 saturated carbocycles. The maximum absolute atomic E-state index is 15.1. The fraction of sp³-hybridized carbons (Fsp3) is 0.500. The summed E-state index contributed by atoms with van der Waals surface area (Å²) in [5, 5.41) is 12.2. The van der Waals surface area contributed by atoms with E-state index < -0.39 is 71.1 Å². The lowest BCUT2D eigenvalue weighted by atomic mass is 9.76. The van der Waals surface area contributed by atoms with Crippen molar-refractivity contribution in [3.8, 4) is 5.75 Å². The summed E-state index contributed by atoms with van der Waals surface area (Å²) in [6.07, 6.45) is -5.38. The number of ether oxygens (including phenoxy) is 2. The van der Waals surface area contributed by atoms with E-state index in [0.29, 0.717) is 25.7 Å². The molecule has 0 bridgehead atoms. The summed E-state index contributed by atoms with van der Waals surface area (Å²) in [6, 6.07) is 4.29. The Morgan fingerprint density at radius 3 is 2.46 bits per heavy atom. The minimum atomic E-state index is -4.92. The number of rotatable bonds is 6. The van der Waals surface area contributed by atoms with Crippen molar-refractivity contribution < 1.29 is 46.1 Å². The van der Waals surface area contributed by atoms with Crippen LogP contribution in [0.1, 0.15) is 61.5 Å². The Kier molecular flexibility index (Phi) is 7.86. The molecular formula is C26H28F5N3O5. The largest absolute Gasteiger partial charge is 0.487 e. The molecule has 13 heteroatoms. The third-order valence-corrected chi connectivity index (χ3v) is 7.57. The summed E-state index contributed by atoms with van der Waals surface area (Å²) in [6.45, 7) is 2.00. The van der Waals surface area contributed by atoms with Crippen LogP contribution >= 0.6 is 0 Å². The number of nitrogens with one attached hydrogen (secondary N) is 1. The Hall–Kier alpha value is -3.32. The summed E-state index contributed by atoms with van der Waals surface area (Å²) in [5.41, 5.74) is 2.04. The molecule has 0 unspecified atom stereocenters. The van der Waals surface area contributed by atoms with Gasteiger partial charge in [0, 0.05) is 29.3 Å². The van der Waals surface area contributed by atoms with Crippen LogP contribution in [0.2, 0.25) is 0 Å². The molecule has 39 heavy (non-hydrogen) atoms. The van der Waals surface area contributed by atoms with Gasteiger partial charge in [-0.3, -0.25) is 14.6 Å². The lowest BCUT2D eigenvalue weighted by molar-refractivity contribution is -0.272. The monoisotopic (exact) mass is 557 g/mol. The first-order valence-electron chi connectivity index (χ1n) is 12.4. The molecule has 4 atom stereocenters. The van der Waals surface area contributed by atoms with Gasteiger partial charge in [-0.2, -0.15) is 17.6 Å². The van der Waals surface area contributed by atoms with Crippen LogP contribution in [0, 0.1) is 17.6 Å². The lowest BCUT2D eigenvalue weighted by Crippen LogP contribution is -2.47. The zero-order valence-electron chi connectivity index (χ0n) is 21.1. The van der Waals surface area contributed by atoms with E-state index in [1.807, 2.05) is 0 Å². The molecule has 1 saturated heterocycles. The van der Waals surface area contributed by atoms with Crippen molar-refractivity contribution >= 4 is 17.5 Å². The molecule has 2 fully saturated rings. The number of hydrogen-bond donors (Lipinski definition) is 3. The number of pyridine rings is 1. The third-order valence-electron chi connectivity index (χ3n) is 7.57. The molecule has 2 aromatic rings. The van der Waals surface area contributed by atoms with Gasteiger partial charge >= 0.3 is 6.18 Å². The predicted molar refractivity (Wildman–Crippen MR) is 128 cm³/mol. The average molecular weight is 558 g/mol. The van der Waals surface area contributed by atoms with Gasteiger partial charge < -0.3 is 25.6 Å². The summed E-state index contributed by atoms with van der Waals surface area (Å²) in [4.78, 5) is 28.6. The van der Waals surface area contributed by atoms with Crippen molar-refractivity contribution in [2.75, 3.05) is 5.32 Å². The highest BCUT2D eigenvalue weighted by Gasteiger charge is 2.66. The zero-order valence-corrected chi connectivity index (χ0v) is 21.1. The molecule has 212 valence electrons. The Labute approximate surface area is 220 Å². The number of nitrogens with two attached hydrogens (primary N) is 1. The van der Waals surface area contributed by atoms with E-state index >= 15 is 4.39 Å². The molecule has 0 radical (unpaired) electrons. The van der Waals surface area contributed by atoms with Crippen LogP contribution in [0.3, 0.4) is 0 Å². The van der Waals surface area contributed by atoms with Gasteiger partial charge in [0.05, 0.1) is 12.2 Å². The molecule has 2 heterocycles. The summed E-state index contributed by atoms with van der Waals surface area (Å²) in [7, 11) is 0. The van der Waals surface area contributed by atoms with Crippen molar-refractivity contribution in [1.29, 1.82) is 0 Å². The van der Waals surface area contributed by atoms with Gasteiger partial charge in [0.2, 0.25) is 5.82 Å². The quantitative estimate of drug-likeness (QED) is 0.457. The molecular weight excluding hydrogens is 529 g/mol. The highest BCUT2D eigenvalue weighted by molar-refractivity contribution is 5.97. The summed E-state index contributed by atoms with van der Waals surface area (Å²) in [5.74, 6) is -8.02. The molecule has 0 spiro atoms. The smallest absolute Gasteiger partial charge is 0.417 e. The Morgan fingerprint density at radius 2 is 1.85 bits per heavy atom. The Morgan fingerprint density at radius 1 is 1.18 bits per heavy atom. The first kappa shape index (κ1) is 28.7. The third kappa shape index (κ3) is 5.55. The van der Waals surface area contributed by atoms with Crippen LogP contribution in [0.5, 0.6) is 5.75 Å². The number of alkyl halides is 3. The van der Waals surface area contributed by atoms with Gasteiger partial charge in [-0.1, -0.05) is 13.0 Å². The van der Waals surface area contributed by atoms with Crippen molar-refractivity contribution in [3.63, 3.8) is 0 Å². The number of carbonyl (C=O) groups excluding carboxylic acids is 2. The number of halogens is 5. The first-order chi connectivity index (χ1) is 18.2. The van der Waals surface area contributed by atoms with Gasteiger partial charge in [0.15, 0.2) is 17.2 Å². The number of primary amides is 1. The van der Waals surface area contributed by atoms with Gasteiger partial charge in [0.25, 0.3) is 11.8 Å². The van der Waals surface area contributed by atoms with Gasteiger partial charge in [-0.05, 0) is 50.8 Å². The second kappa shape index (κ2) is 10.7. The topological polar surface area (TPSA) is 124 Å². The summed E-state index contributed by atoms with van der Waals surface area (Å²) < 4.78 is 83.3. The van der Waals surface area contributed by atoms with E-state index in [1.54, 1.807) is 0 Å². The zero-order chi connectivity index (χ0) is 28.7. The number of hydrogen-bond acceptors (Lipinski definition) is 6. The number of aliphatic hydroxyl groups is 1. The highest BCUT2D eigenvalue weighted by atomic mass is 19.4. The van der Waals surface area contributed by atoms with E-state index in [1.165, 1.54) is 19.2 Å². The molecule has 1 aromatic carbocycles. The molecule has 4 rings (SSSR count). The number of benzene rings is 1.